The minimum absolute atomic E-state index is 0.0143. The number of hydrogen-bond acceptors (Lipinski definition) is 5. The molecule has 61 heavy (non-hydrogen) atoms. The Morgan fingerprint density at radius 2 is 0.885 bits per heavy atom. The van der Waals surface area contributed by atoms with Gasteiger partial charge < -0.3 is 18.0 Å². The van der Waals surface area contributed by atoms with Crippen molar-refractivity contribution < 1.29 is 18.0 Å². The molecule has 0 amide bonds. The molecule has 6 heterocycles. The van der Waals surface area contributed by atoms with E-state index in [1.54, 1.807) is 0 Å². The first-order valence-corrected chi connectivity index (χ1v) is 21.6. The van der Waals surface area contributed by atoms with Crippen molar-refractivity contribution >= 4 is 101 Å². The van der Waals surface area contributed by atoms with Crippen LogP contribution in [0.15, 0.2) is 187 Å². The summed E-state index contributed by atoms with van der Waals surface area (Å²) in [5.74, 6) is 1.89. The highest BCUT2D eigenvalue weighted by Gasteiger charge is 2.46. The topological polar surface area (TPSA) is 48.7 Å². The molecule has 282 valence electrons. The Morgan fingerprint density at radius 3 is 1.48 bits per heavy atom. The van der Waals surface area contributed by atoms with Crippen molar-refractivity contribution in [3.05, 3.63) is 175 Å². The van der Waals surface area contributed by atoms with Crippen molar-refractivity contribution in [1.29, 1.82) is 0 Å². The summed E-state index contributed by atoms with van der Waals surface area (Å²) in [5.41, 5.74) is 18.7. The molecule has 0 atom stereocenters. The van der Waals surface area contributed by atoms with Crippen LogP contribution in [0.2, 0.25) is 0 Å². The molecule has 0 aliphatic carbocycles. The van der Waals surface area contributed by atoms with E-state index in [9.17, 15) is 0 Å². The van der Waals surface area contributed by atoms with Gasteiger partial charge in [-0.1, -0.05) is 103 Å². The quantitative estimate of drug-likeness (QED) is 0.167. The van der Waals surface area contributed by atoms with Gasteiger partial charge in [0.25, 0.3) is 6.71 Å². The molecular weight excluding hydrogens is 767 g/mol. The molecule has 0 saturated carbocycles. The Balaban J connectivity index is 1.12. The molecule has 12 aromatic rings. The third-order valence-electron chi connectivity index (χ3n) is 13.4. The molecule has 3 aliphatic heterocycles. The fourth-order valence-electron chi connectivity index (χ4n) is 10.9. The maximum atomic E-state index is 6.74. The predicted octanol–water partition coefficient (Wildman–Crippen LogP) is 13.4. The van der Waals surface area contributed by atoms with Gasteiger partial charge >= 0.3 is 0 Å². The van der Waals surface area contributed by atoms with E-state index in [0.717, 1.165) is 100 Å². The summed E-state index contributed by atoms with van der Waals surface area (Å²) in [5, 5.41) is 6.68. The van der Waals surface area contributed by atoms with Crippen LogP contribution < -0.4 is 21.1 Å². The summed E-state index contributed by atoms with van der Waals surface area (Å²) < 4.78 is 26.7. The van der Waals surface area contributed by atoms with Crippen LogP contribution in [0.5, 0.6) is 11.5 Å². The van der Waals surface area contributed by atoms with Crippen LogP contribution in [0, 0.1) is 0 Å². The molecule has 0 N–H and O–H groups in total. The van der Waals surface area contributed by atoms with Crippen molar-refractivity contribution in [2.45, 2.75) is 16.2 Å². The maximum absolute atomic E-state index is 6.74. The largest absolute Gasteiger partial charge is 0.458 e. The maximum Gasteiger partial charge on any atom is 0.254 e. The molecule has 0 bridgehead atoms. The van der Waals surface area contributed by atoms with Gasteiger partial charge in [0.05, 0.1) is 0 Å². The zero-order chi connectivity index (χ0) is 39.5. The SMILES string of the molecule is c1cc2c3c(c1)Oc1cccc4c1B3c1c(c(-c3ccc5c(c3)oc3ccccc35)c(-c3ccc5c(c3)oc3ccccc35)c(-c3ccc5c(c3)oc3ccccc35)c1S4)C2. The van der Waals surface area contributed by atoms with Gasteiger partial charge in [-0.3, -0.25) is 0 Å². The second-order valence-corrected chi connectivity index (χ2v) is 17.6. The Bertz CT molecular complexity index is 3750. The molecule has 3 aromatic heterocycles. The van der Waals surface area contributed by atoms with Crippen LogP contribution in [0.25, 0.3) is 99.2 Å². The monoisotopic (exact) mass is 796 g/mol. The minimum Gasteiger partial charge on any atom is -0.458 e. The molecular formula is C55H29BO4S. The molecule has 0 saturated heterocycles. The second-order valence-electron chi connectivity index (χ2n) is 16.6. The van der Waals surface area contributed by atoms with Gasteiger partial charge in [0.15, 0.2) is 0 Å². The zero-order valence-corrected chi connectivity index (χ0v) is 33.2. The van der Waals surface area contributed by atoms with Gasteiger partial charge in [-0.15, -0.1) is 0 Å². The van der Waals surface area contributed by atoms with Crippen molar-refractivity contribution in [2.75, 3.05) is 0 Å². The molecule has 0 radical (unpaired) electrons. The van der Waals surface area contributed by atoms with Crippen LogP contribution in [0.1, 0.15) is 11.1 Å². The first-order chi connectivity index (χ1) is 30.2. The lowest BCUT2D eigenvalue weighted by Gasteiger charge is -2.40. The van der Waals surface area contributed by atoms with Gasteiger partial charge in [0, 0.05) is 47.7 Å². The Labute approximate surface area is 353 Å². The van der Waals surface area contributed by atoms with Crippen molar-refractivity contribution in [3.8, 4) is 44.9 Å². The third kappa shape index (κ3) is 4.32. The number of rotatable bonds is 3. The van der Waals surface area contributed by atoms with E-state index in [2.05, 4.69) is 146 Å². The van der Waals surface area contributed by atoms with Crippen LogP contribution >= 0.6 is 11.8 Å². The van der Waals surface area contributed by atoms with E-state index in [1.807, 2.05) is 30.0 Å². The lowest BCUT2D eigenvalue weighted by molar-refractivity contribution is 0.485. The molecule has 0 spiro atoms. The summed E-state index contributed by atoms with van der Waals surface area (Å²) in [6.45, 7) is 0.0143. The van der Waals surface area contributed by atoms with Crippen LogP contribution in [0.4, 0.5) is 0 Å². The highest BCUT2D eigenvalue weighted by molar-refractivity contribution is 8.00. The number of para-hydroxylation sites is 3. The fourth-order valence-corrected chi connectivity index (χ4v) is 12.3. The zero-order valence-electron chi connectivity index (χ0n) is 32.4. The van der Waals surface area contributed by atoms with Crippen LogP contribution in [-0.4, -0.2) is 6.71 Å². The van der Waals surface area contributed by atoms with Crippen LogP contribution in [0.3, 0.4) is 0 Å². The van der Waals surface area contributed by atoms with Gasteiger partial charge in [0.2, 0.25) is 0 Å². The lowest BCUT2D eigenvalue weighted by atomic mass is 9.32. The summed E-state index contributed by atoms with van der Waals surface area (Å²) in [4.78, 5) is 2.50. The average molecular weight is 797 g/mol. The summed E-state index contributed by atoms with van der Waals surface area (Å²) in [7, 11) is 0. The Kier molecular flexibility index (Phi) is 6.20. The fraction of sp³-hybridized carbons (Fsp3) is 0.0182. The molecule has 6 heteroatoms. The van der Waals surface area contributed by atoms with E-state index in [1.165, 1.54) is 54.0 Å². The van der Waals surface area contributed by atoms with Crippen LogP contribution in [-0.2, 0) is 6.42 Å². The van der Waals surface area contributed by atoms with Gasteiger partial charge in [0.1, 0.15) is 45.0 Å². The number of ether oxygens (including phenoxy) is 1. The first kappa shape index (κ1) is 32.4. The molecule has 15 rings (SSSR count). The van der Waals surface area contributed by atoms with E-state index in [-0.39, 0.29) is 6.71 Å². The minimum atomic E-state index is 0.0143. The summed E-state index contributed by atoms with van der Waals surface area (Å²) in [6.07, 6.45) is 0.764. The van der Waals surface area contributed by atoms with E-state index in [0.29, 0.717) is 0 Å². The number of hydrogen-bond donors (Lipinski definition) is 0. The first-order valence-electron chi connectivity index (χ1n) is 20.8. The predicted molar refractivity (Wildman–Crippen MR) is 249 cm³/mol. The second kappa shape index (κ2) is 11.7. The van der Waals surface area contributed by atoms with E-state index >= 15 is 0 Å². The number of fused-ring (bicyclic) bond motifs is 9. The Hall–Kier alpha value is -7.41. The third-order valence-corrected chi connectivity index (χ3v) is 14.7. The smallest absolute Gasteiger partial charge is 0.254 e. The Morgan fingerprint density at radius 1 is 0.393 bits per heavy atom. The molecule has 9 aromatic carbocycles. The highest BCUT2D eigenvalue weighted by atomic mass is 32.2. The van der Waals surface area contributed by atoms with Gasteiger partial charge in [-0.2, -0.15) is 0 Å². The van der Waals surface area contributed by atoms with E-state index < -0.39 is 0 Å². The van der Waals surface area contributed by atoms with Crippen molar-refractivity contribution in [2.24, 2.45) is 0 Å². The molecule has 0 unspecified atom stereocenters. The standard InChI is InChI=1S/C55H29BO4S/c1-4-13-40-33(10-1)36-22-19-29(26-45(36)57-40)49-39-25-32-9-7-16-43-52(32)56-53(39)55(61-48-18-8-17-44(60-43)54(48)56)51(31-21-24-38-35-12-3-6-15-42(35)59-47(38)28-31)50(49)30-20-23-37-34-11-2-5-14-41(34)58-46(37)27-30/h1-24,26-28H,25H2. The summed E-state index contributed by atoms with van der Waals surface area (Å²) >= 11 is 1.87. The van der Waals surface area contributed by atoms with Crippen molar-refractivity contribution in [1.82, 2.24) is 0 Å². The molecule has 3 aliphatic rings. The van der Waals surface area contributed by atoms with Crippen molar-refractivity contribution in [3.63, 3.8) is 0 Å². The molecule has 0 fully saturated rings. The average Bonchev–Trinajstić information content (AvgIpc) is 3.99. The van der Waals surface area contributed by atoms with Gasteiger partial charge in [-0.25, -0.2) is 0 Å². The van der Waals surface area contributed by atoms with Gasteiger partial charge in [-0.05, 0) is 135 Å². The lowest BCUT2D eigenvalue weighted by Crippen LogP contribution is -2.62. The van der Waals surface area contributed by atoms with E-state index in [4.69, 9.17) is 18.0 Å². The normalized spacial score (nSPS) is 13.5. The highest BCUT2D eigenvalue weighted by Crippen LogP contribution is 2.53. The number of benzene rings is 9. The summed E-state index contributed by atoms with van der Waals surface area (Å²) in [6, 6.07) is 58.6. The number of furan rings is 3. The molecule has 4 nitrogen and oxygen atoms in total.